The second kappa shape index (κ2) is 8.82. The first-order chi connectivity index (χ1) is 13.9. The Morgan fingerprint density at radius 2 is 1.83 bits per heavy atom. The molecule has 9 nitrogen and oxygen atoms in total. The predicted molar refractivity (Wildman–Crippen MR) is 105 cm³/mol. The molecule has 2 amide bonds. The van der Waals surface area contributed by atoms with Crippen molar-refractivity contribution >= 4 is 34.8 Å². The van der Waals surface area contributed by atoms with Crippen molar-refractivity contribution in [1.82, 2.24) is 9.80 Å². The predicted octanol–water partition coefficient (Wildman–Crippen LogP) is 2.11. The van der Waals surface area contributed by atoms with E-state index < -0.39 is 17.5 Å². The average Bonchev–Trinajstić information content (AvgIpc) is 3.25. The van der Waals surface area contributed by atoms with Gasteiger partial charge in [0.2, 0.25) is 0 Å². The molecule has 1 aromatic carbocycles. The first kappa shape index (κ1) is 20.5. The SMILES string of the molecule is Cc1cc(C(=O)OCC(=O)N2CCN(C(=O)c3cccs3)CC2)ccc1[N+](=O)[O-]. The molecule has 0 spiro atoms. The number of hydrogen-bond acceptors (Lipinski definition) is 7. The molecule has 0 saturated carbocycles. The summed E-state index contributed by atoms with van der Waals surface area (Å²) in [6.07, 6.45) is 0. The molecule has 0 N–H and O–H groups in total. The van der Waals surface area contributed by atoms with Crippen molar-refractivity contribution in [2.75, 3.05) is 32.8 Å². The summed E-state index contributed by atoms with van der Waals surface area (Å²) in [4.78, 5) is 51.0. The molecule has 10 heteroatoms. The van der Waals surface area contributed by atoms with E-state index in [9.17, 15) is 24.5 Å². The highest BCUT2D eigenvalue weighted by molar-refractivity contribution is 7.12. The first-order valence-electron chi connectivity index (χ1n) is 8.89. The summed E-state index contributed by atoms with van der Waals surface area (Å²) >= 11 is 1.38. The largest absolute Gasteiger partial charge is 0.452 e. The number of piperazine rings is 1. The summed E-state index contributed by atoms with van der Waals surface area (Å²) in [6, 6.07) is 7.48. The van der Waals surface area contributed by atoms with Crippen LogP contribution in [0.25, 0.3) is 0 Å². The summed E-state index contributed by atoms with van der Waals surface area (Å²) in [6.45, 7) is 2.66. The van der Waals surface area contributed by atoms with E-state index in [0.717, 1.165) is 0 Å². The van der Waals surface area contributed by atoms with Crippen molar-refractivity contribution in [3.05, 3.63) is 61.8 Å². The van der Waals surface area contributed by atoms with Gasteiger partial charge in [-0.25, -0.2) is 4.79 Å². The fourth-order valence-electron chi connectivity index (χ4n) is 3.00. The van der Waals surface area contributed by atoms with Gasteiger partial charge in [0.05, 0.1) is 15.4 Å². The second-order valence-electron chi connectivity index (χ2n) is 6.48. The monoisotopic (exact) mass is 417 g/mol. The van der Waals surface area contributed by atoms with Crippen LogP contribution in [-0.2, 0) is 9.53 Å². The number of nitro groups is 1. The summed E-state index contributed by atoms with van der Waals surface area (Å²) in [5.41, 5.74) is 0.391. The van der Waals surface area contributed by atoms with Crippen molar-refractivity contribution < 1.29 is 24.0 Å². The lowest BCUT2D eigenvalue weighted by Gasteiger charge is -2.34. The second-order valence-corrected chi connectivity index (χ2v) is 7.43. The van der Waals surface area contributed by atoms with E-state index in [1.807, 2.05) is 11.4 Å². The number of thiophene rings is 1. The minimum Gasteiger partial charge on any atom is -0.452 e. The number of esters is 1. The lowest BCUT2D eigenvalue weighted by Crippen LogP contribution is -2.51. The molecule has 0 unspecified atom stereocenters. The molecule has 1 aliphatic rings. The Balaban J connectivity index is 1.49. The van der Waals surface area contributed by atoms with Crippen LogP contribution in [0.4, 0.5) is 5.69 Å². The van der Waals surface area contributed by atoms with Gasteiger partial charge < -0.3 is 14.5 Å². The fraction of sp³-hybridized carbons (Fsp3) is 0.316. The summed E-state index contributed by atoms with van der Waals surface area (Å²) in [5.74, 6) is -1.12. The summed E-state index contributed by atoms with van der Waals surface area (Å²) in [7, 11) is 0. The van der Waals surface area contributed by atoms with Crippen LogP contribution >= 0.6 is 11.3 Å². The van der Waals surface area contributed by atoms with Crippen LogP contribution in [0.3, 0.4) is 0 Å². The van der Waals surface area contributed by atoms with E-state index in [-0.39, 0.29) is 23.1 Å². The average molecular weight is 417 g/mol. The first-order valence-corrected chi connectivity index (χ1v) is 9.77. The zero-order valence-corrected chi connectivity index (χ0v) is 16.5. The molecule has 0 aliphatic carbocycles. The van der Waals surface area contributed by atoms with Crippen molar-refractivity contribution in [2.24, 2.45) is 0 Å². The molecular formula is C19H19N3O6S. The Hall–Kier alpha value is -3.27. The fourth-order valence-corrected chi connectivity index (χ4v) is 3.70. The Labute approximate surface area is 170 Å². The maximum absolute atomic E-state index is 12.3. The summed E-state index contributed by atoms with van der Waals surface area (Å²) < 4.78 is 5.05. The molecule has 1 fully saturated rings. The highest BCUT2D eigenvalue weighted by atomic mass is 32.1. The molecule has 0 radical (unpaired) electrons. The lowest BCUT2D eigenvalue weighted by atomic mass is 10.1. The third-order valence-corrected chi connectivity index (χ3v) is 5.47. The van der Waals surface area contributed by atoms with Gasteiger partial charge in [-0.2, -0.15) is 0 Å². The highest BCUT2D eigenvalue weighted by Gasteiger charge is 2.26. The van der Waals surface area contributed by atoms with Gasteiger partial charge in [-0.05, 0) is 30.5 Å². The molecular weight excluding hydrogens is 398 g/mol. The smallest absolute Gasteiger partial charge is 0.338 e. The molecule has 29 heavy (non-hydrogen) atoms. The van der Waals surface area contributed by atoms with Crippen molar-refractivity contribution in [3.8, 4) is 0 Å². The molecule has 1 aromatic heterocycles. The van der Waals surface area contributed by atoms with Gasteiger partial charge in [-0.15, -0.1) is 11.3 Å². The van der Waals surface area contributed by atoms with Crippen LogP contribution < -0.4 is 0 Å². The third kappa shape index (κ3) is 4.77. The van der Waals surface area contributed by atoms with Gasteiger partial charge in [0.25, 0.3) is 17.5 Å². The van der Waals surface area contributed by atoms with Crippen LogP contribution in [0.5, 0.6) is 0 Å². The van der Waals surface area contributed by atoms with Gasteiger partial charge in [0.15, 0.2) is 6.61 Å². The number of hydrogen-bond donors (Lipinski definition) is 0. The lowest BCUT2D eigenvalue weighted by molar-refractivity contribution is -0.385. The van der Waals surface area contributed by atoms with Gasteiger partial charge in [-0.3, -0.25) is 19.7 Å². The van der Waals surface area contributed by atoms with Crippen LogP contribution in [0.1, 0.15) is 25.6 Å². The summed E-state index contributed by atoms with van der Waals surface area (Å²) in [5, 5.41) is 12.7. The van der Waals surface area contributed by atoms with E-state index in [1.165, 1.54) is 36.5 Å². The number of nitro benzene ring substituents is 1. The van der Waals surface area contributed by atoms with Crippen molar-refractivity contribution in [1.29, 1.82) is 0 Å². The minimum atomic E-state index is -0.720. The number of ether oxygens (including phenoxy) is 1. The van der Waals surface area contributed by atoms with E-state index >= 15 is 0 Å². The normalized spacial score (nSPS) is 13.8. The Bertz CT molecular complexity index is 935. The molecule has 3 rings (SSSR count). The van der Waals surface area contributed by atoms with Gasteiger partial charge in [0.1, 0.15) is 0 Å². The van der Waals surface area contributed by atoms with Gasteiger partial charge in [0, 0.05) is 37.8 Å². The molecule has 0 atom stereocenters. The molecule has 152 valence electrons. The number of carbonyl (C=O) groups is 3. The Morgan fingerprint density at radius 3 is 2.41 bits per heavy atom. The van der Waals surface area contributed by atoms with E-state index in [1.54, 1.807) is 15.9 Å². The molecule has 2 heterocycles. The maximum Gasteiger partial charge on any atom is 0.338 e. The van der Waals surface area contributed by atoms with E-state index in [2.05, 4.69) is 0 Å². The van der Waals surface area contributed by atoms with Crippen LogP contribution in [0, 0.1) is 17.0 Å². The number of rotatable bonds is 5. The quantitative estimate of drug-likeness (QED) is 0.419. The zero-order valence-electron chi connectivity index (χ0n) is 15.7. The highest BCUT2D eigenvalue weighted by Crippen LogP contribution is 2.19. The van der Waals surface area contributed by atoms with Crippen molar-refractivity contribution in [2.45, 2.75) is 6.92 Å². The van der Waals surface area contributed by atoms with Gasteiger partial charge in [-0.1, -0.05) is 6.07 Å². The number of amides is 2. The zero-order chi connectivity index (χ0) is 21.0. The molecule has 2 aromatic rings. The number of benzene rings is 1. The Morgan fingerprint density at radius 1 is 1.14 bits per heavy atom. The van der Waals surface area contributed by atoms with Gasteiger partial charge >= 0.3 is 5.97 Å². The number of carbonyl (C=O) groups excluding carboxylic acids is 3. The Kier molecular flexibility index (Phi) is 6.23. The van der Waals surface area contributed by atoms with Crippen LogP contribution in [0.2, 0.25) is 0 Å². The number of nitrogens with zero attached hydrogens (tertiary/aromatic N) is 3. The molecule has 0 bridgehead atoms. The minimum absolute atomic E-state index is 0.0490. The van der Waals surface area contributed by atoms with E-state index in [0.29, 0.717) is 36.6 Å². The van der Waals surface area contributed by atoms with Crippen molar-refractivity contribution in [3.63, 3.8) is 0 Å². The standard InChI is InChI=1S/C19H19N3O6S/c1-13-11-14(4-5-15(13)22(26)27)19(25)28-12-17(23)20-6-8-21(9-7-20)18(24)16-3-2-10-29-16/h2-5,10-11H,6-9,12H2,1H3. The molecule has 1 saturated heterocycles. The van der Waals surface area contributed by atoms with Crippen LogP contribution in [0.15, 0.2) is 35.7 Å². The molecule has 1 aliphatic heterocycles. The topological polar surface area (TPSA) is 110 Å². The number of aryl methyl sites for hydroxylation is 1. The maximum atomic E-state index is 12.3. The third-order valence-electron chi connectivity index (χ3n) is 4.61. The van der Waals surface area contributed by atoms with E-state index in [4.69, 9.17) is 4.74 Å². The van der Waals surface area contributed by atoms with Crippen LogP contribution in [-0.4, -0.2) is 65.3 Å².